The quantitative estimate of drug-likeness (QED) is 0.0920. The number of carbonyl (C=O) groups is 3. The molecule has 3 amide bonds. The van der Waals surface area contributed by atoms with Gasteiger partial charge >= 0.3 is 0 Å². The predicted molar refractivity (Wildman–Crippen MR) is 198 cm³/mol. The Labute approximate surface area is 301 Å². The fourth-order valence-corrected chi connectivity index (χ4v) is 10.6. The molecular formula is C39H41BrFN3O5Si. The third-order valence-electron chi connectivity index (χ3n) is 9.91. The van der Waals surface area contributed by atoms with Gasteiger partial charge in [-0.25, -0.2) is 0 Å². The molecule has 8 nitrogen and oxygen atoms in total. The van der Waals surface area contributed by atoms with E-state index in [0.717, 1.165) is 22.0 Å². The number of fused-ring (bicyclic) bond motifs is 2. The van der Waals surface area contributed by atoms with E-state index in [1.807, 2.05) is 110 Å². The van der Waals surface area contributed by atoms with Gasteiger partial charge in [-0.2, -0.15) is 0 Å². The third-order valence-corrected chi connectivity index (χ3v) is 12.9. The van der Waals surface area contributed by atoms with Crippen LogP contribution in [-0.2, 0) is 37.8 Å². The molecule has 0 unspecified atom stereocenters. The summed E-state index contributed by atoms with van der Waals surface area (Å²) in [6, 6.07) is 31.8. The Balaban J connectivity index is 1.33. The summed E-state index contributed by atoms with van der Waals surface area (Å²) < 4.78 is 24.0. The van der Waals surface area contributed by atoms with Gasteiger partial charge in [-0.3, -0.25) is 19.3 Å². The zero-order valence-corrected chi connectivity index (χ0v) is 30.9. The molecule has 6 rings (SSSR count). The highest BCUT2D eigenvalue weighted by Gasteiger charge is 2.67. The maximum atomic E-state index is 16.4. The van der Waals surface area contributed by atoms with Gasteiger partial charge in [0, 0.05) is 46.0 Å². The molecule has 11 heteroatoms. The van der Waals surface area contributed by atoms with Crippen LogP contribution in [0.3, 0.4) is 0 Å². The largest absolute Gasteiger partial charge is 0.395 e. The molecule has 4 aromatic carbocycles. The van der Waals surface area contributed by atoms with Crippen LogP contribution in [0.2, 0.25) is 18.6 Å². The number of aliphatic hydroxyl groups is 1. The van der Waals surface area contributed by atoms with E-state index >= 15 is 4.11 Å². The van der Waals surface area contributed by atoms with E-state index in [9.17, 15) is 19.5 Å². The Bertz CT molecular complexity index is 1860. The number of nitrogens with zero attached hydrogens (tertiary/aromatic N) is 3. The second-order valence-electron chi connectivity index (χ2n) is 13.5. The lowest BCUT2D eigenvalue weighted by Crippen LogP contribution is -2.45. The molecule has 0 saturated carbocycles. The van der Waals surface area contributed by atoms with Gasteiger partial charge in [0.15, 0.2) is 5.60 Å². The average molecular weight is 759 g/mol. The Kier molecular flexibility index (Phi) is 10.4. The topological polar surface area (TPSA) is 90.4 Å². The van der Waals surface area contributed by atoms with Crippen molar-refractivity contribution in [3.8, 4) is 0 Å². The summed E-state index contributed by atoms with van der Waals surface area (Å²) in [5, 5.41) is 9.80. The van der Waals surface area contributed by atoms with Crippen molar-refractivity contribution in [3.05, 3.63) is 124 Å². The highest BCUT2D eigenvalue weighted by Crippen LogP contribution is 2.60. The number of rotatable bonds is 12. The summed E-state index contributed by atoms with van der Waals surface area (Å²) in [5.74, 6) is -1.16. The molecule has 1 N–H and O–H groups in total. The standard InChI is InChI=1S/C39H41BrFN3O5Si/c1-27-37(50(2,3)41)35(23-36(47)42(19-20-45)24-28-11-6-4-7-12-28)49-39(27)33-22-30(40)17-18-34(33)43(38(39)48)25-29-13-10-16-32(21-29)44(26-46)31-14-8-5-9-15-31/h4-18,21-22,26-27,35,37,45H,19-20,23-25H2,1-3H3/t27-,35+,37-,39+/m0/s1. The van der Waals surface area contributed by atoms with Crippen molar-refractivity contribution in [2.45, 2.75) is 56.8 Å². The minimum atomic E-state index is -3.52. The zero-order chi connectivity index (χ0) is 35.6. The lowest BCUT2D eigenvalue weighted by Gasteiger charge is -2.31. The fraction of sp³-hybridized carbons (Fsp3) is 0.308. The monoisotopic (exact) mass is 757 g/mol. The van der Waals surface area contributed by atoms with Crippen molar-refractivity contribution in [3.63, 3.8) is 0 Å². The van der Waals surface area contributed by atoms with Crippen molar-refractivity contribution in [1.29, 1.82) is 0 Å². The van der Waals surface area contributed by atoms with Crippen molar-refractivity contribution in [2.24, 2.45) is 5.92 Å². The summed E-state index contributed by atoms with van der Waals surface area (Å²) in [6.07, 6.45) is -0.215. The third kappa shape index (κ3) is 6.79. The zero-order valence-electron chi connectivity index (χ0n) is 28.3. The molecule has 0 aliphatic carbocycles. The Morgan fingerprint density at radius 2 is 1.64 bits per heavy atom. The van der Waals surface area contributed by atoms with Crippen molar-refractivity contribution >= 4 is 59.6 Å². The minimum Gasteiger partial charge on any atom is -0.395 e. The highest BCUT2D eigenvalue weighted by molar-refractivity contribution is 9.10. The number of ether oxygens (including phenoxy) is 1. The lowest BCUT2D eigenvalue weighted by molar-refractivity contribution is -0.150. The number of hydrogen-bond acceptors (Lipinski definition) is 5. The second-order valence-corrected chi connectivity index (χ2v) is 18.2. The number of anilines is 3. The van der Waals surface area contributed by atoms with E-state index in [1.165, 1.54) is 0 Å². The van der Waals surface area contributed by atoms with Gasteiger partial charge < -0.3 is 23.8 Å². The Morgan fingerprint density at radius 3 is 2.30 bits per heavy atom. The average Bonchev–Trinajstić information content (AvgIpc) is 3.52. The fourth-order valence-electron chi connectivity index (χ4n) is 7.74. The number of carbonyl (C=O) groups excluding carboxylic acids is 3. The molecule has 4 atom stereocenters. The van der Waals surface area contributed by atoms with Crippen molar-refractivity contribution in [2.75, 3.05) is 23.0 Å². The SMILES string of the molecule is C[C@H]1[C@H]([Si](C)(C)F)[C@@H](CC(=O)N(CCO)Cc2ccccc2)O[C@]12C(=O)N(Cc1cccc(N(C=O)c3ccccc3)c1)c1ccc(Br)cc12. The van der Waals surface area contributed by atoms with Gasteiger partial charge in [0.05, 0.1) is 31.4 Å². The van der Waals surface area contributed by atoms with Crippen LogP contribution in [-0.4, -0.2) is 55.9 Å². The smallest absolute Gasteiger partial charge is 0.264 e. The Morgan fingerprint density at radius 1 is 0.980 bits per heavy atom. The van der Waals surface area contributed by atoms with E-state index in [1.54, 1.807) is 27.8 Å². The Hall–Kier alpha value is -4.16. The molecule has 4 aromatic rings. The van der Waals surface area contributed by atoms with E-state index in [0.29, 0.717) is 29.2 Å². The van der Waals surface area contributed by atoms with Crippen LogP contribution >= 0.6 is 15.9 Å². The van der Waals surface area contributed by atoms with Gasteiger partial charge in [-0.15, -0.1) is 0 Å². The number of para-hydroxylation sites is 1. The van der Waals surface area contributed by atoms with Gasteiger partial charge in [0.25, 0.3) is 5.91 Å². The number of hydrogen-bond donors (Lipinski definition) is 1. The molecular weight excluding hydrogens is 717 g/mol. The molecule has 2 aliphatic rings. The molecule has 2 aliphatic heterocycles. The van der Waals surface area contributed by atoms with E-state index < -0.39 is 31.6 Å². The van der Waals surface area contributed by atoms with Crippen LogP contribution < -0.4 is 9.80 Å². The number of amides is 3. The van der Waals surface area contributed by atoms with Crippen LogP contribution in [0.4, 0.5) is 21.2 Å². The number of benzene rings is 4. The molecule has 260 valence electrons. The molecule has 0 aromatic heterocycles. The van der Waals surface area contributed by atoms with Crippen molar-refractivity contribution < 1.29 is 28.3 Å². The van der Waals surface area contributed by atoms with Crippen LogP contribution in [0.5, 0.6) is 0 Å². The number of aliphatic hydroxyl groups excluding tert-OH is 1. The molecule has 2 heterocycles. The first-order valence-electron chi connectivity index (χ1n) is 16.8. The van der Waals surface area contributed by atoms with E-state index in [2.05, 4.69) is 15.9 Å². The summed E-state index contributed by atoms with van der Waals surface area (Å²) in [6.45, 7) is 5.47. The van der Waals surface area contributed by atoms with Gasteiger partial charge in [-0.1, -0.05) is 83.5 Å². The maximum absolute atomic E-state index is 16.4. The van der Waals surface area contributed by atoms with Crippen LogP contribution in [0.1, 0.15) is 30.0 Å². The number of halogens is 2. The molecule has 1 saturated heterocycles. The first-order valence-corrected chi connectivity index (χ1v) is 20.5. The molecule has 1 spiro atoms. The highest BCUT2D eigenvalue weighted by atomic mass is 79.9. The van der Waals surface area contributed by atoms with Crippen LogP contribution in [0.25, 0.3) is 0 Å². The molecule has 0 radical (unpaired) electrons. The second kappa shape index (κ2) is 14.6. The lowest BCUT2D eigenvalue weighted by atomic mass is 9.82. The molecule has 50 heavy (non-hydrogen) atoms. The summed E-state index contributed by atoms with van der Waals surface area (Å²) in [7, 11) is -3.52. The predicted octanol–water partition coefficient (Wildman–Crippen LogP) is 7.48. The molecule has 0 bridgehead atoms. The first kappa shape index (κ1) is 35.7. The van der Waals surface area contributed by atoms with E-state index in [4.69, 9.17) is 4.74 Å². The van der Waals surface area contributed by atoms with Crippen molar-refractivity contribution in [1.82, 2.24) is 4.90 Å². The van der Waals surface area contributed by atoms with Crippen LogP contribution in [0.15, 0.2) is 108 Å². The van der Waals surface area contributed by atoms with Gasteiger partial charge in [0.1, 0.15) is 0 Å². The summed E-state index contributed by atoms with van der Waals surface area (Å²) >= 11 is 3.58. The normalized spacial score (nSPS) is 21.4. The maximum Gasteiger partial charge on any atom is 0.264 e. The van der Waals surface area contributed by atoms with Gasteiger partial charge in [0.2, 0.25) is 20.7 Å². The van der Waals surface area contributed by atoms with Crippen LogP contribution in [0, 0.1) is 5.92 Å². The van der Waals surface area contributed by atoms with Gasteiger partial charge in [-0.05, 0) is 66.7 Å². The minimum absolute atomic E-state index is 0.121. The first-order chi connectivity index (χ1) is 24.0. The molecule has 1 fully saturated rings. The summed E-state index contributed by atoms with van der Waals surface area (Å²) in [4.78, 5) is 45.7. The van der Waals surface area contributed by atoms with E-state index in [-0.39, 0.29) is 37.9 Å². The summed E-state index contributed by atoms with van der Waals surface area (Å²) in [5.41, 5.74) is 2.18.